The van der Waals surface area contributed by atoms with Gasteiger partial charge in [-0.3, -0.25) is 4.57 Å². The van der Waals surface area contributed by atoms with Gasteiger partial charge in [-0.05, 0) is 42.5 Å². The van der Waals surface area contributed by atoms with Crippen molar-refractivity contribution in [3.05, 3.63) is 77.3 Å². The third-order valence-corrected chi connectivity index (χ3v) is 4.61. The molecule has 2 aromatic heterocycles. The standard InChI is InChI=1S/C21H13ClFN5O2/c22-17-8-13(3-4-18(17)23)25-15-7-16(11-24)27-20(10-15)26-14-2-1-12-5-6-28(21(29)30)19(12)9-14/h1-10H,(H,29,30)(H2,25,26,27). The predicted octanol–water partition coefficient (Wildman–Crippen LogP) is 5.71. The molecule has 3 N–H and O–H groups in total. The SMILES string of the molecule is N#Cc1cc(Nc2ccc(F)c(Cl)c2)cc(Nc2ccc3ccn(C(=O)O)c3c2)n1. The van der Waals surface area contributed by atoms with Crippen molar-refractivity contribution in [1.82, 2.24) is 9.55 Å². The van der Waals surface area contributed by atoms with Crippen molar-refractivity contribution < 1.29 is 14.3 Å². The highest BCUT2D eigenvalue weighted by atomic mass is 35.5. The van der Waals surface area contributed by atoms with Crippen LogP contribution in [0.1, 0.15) is 5.69 Å². The number of pyridine rings is 1. The van der Waals surface area contributed by atoms with Crippen molar-refractivity contribution in [2.75, 3.05) is 10.6 Å². The molecule has 0 aliphatic carbocycles. The van der Waals surface area contributed by atoms with Gasteiger partial charge in [0.25, 0.3) is 0 Å². The van der Waals surface area contributed by atoms with Gasteiger partial charge in [0.15, 0.2) is 0 Å². The molecule has 0 radical (unpaired) electrons. The van der Waals surface area contributed by atoms with Crippen LogP contribution in [0, 0.1) is 17.1 Å². The van der Waals surface area contributed by atoms with Gasteiger partial charge in [-0.15, -0.1) is 0 Å². The lowest BCUT2D eigenvalue weighted by Gasteiger charge is -2.11. The van der Waals surface area contributed by atoms with Crippen LogP contribution in [0.25, 0.3) is 10.9 Å². The van der Waals surface area contributed by atoms with Crippen LogP contribution in [0.3, 0.4) is 0 Å². The summed E-state index contributed by atoms with van der Waals surface area (Å²) in [7, 11) is 0. The predicted molar refractivity (Wildman–Crippen MR) is 112 cm³/mol. The smallest absolute Gasteiger partial charge is 0.416 e. The van der Waals surface area contributed by atoms with Gasteiger partial charge in [-0.25, -0.2) is 14.2 Å². The van der Waals surface area contributed by atoms with E-state index in [2.05, 4.69) is 15.6 Å². The number of aromatic nitrogens is 2. The summed E-state index contributed by atoms with van der Waals surface area (Å²) < 4.78 is 14.5. The summed E-state index contributed by atoms with van der Waals surface area (Å²) in [6.07, 6.45) is 0.387. The quantitative estimate of drug-likeness (QED) is 0.389. The molecule has 148 valence electrons. The Morgan fingerprint density at radius 2 is 1.83 bits per heavy atom. The van der Waals surface area contributed by atoms with Gasteiger partial charge in [0, 0.05) is 34.7 Å². The average Bonchev–Trinajstić information content (AvgIpc) is 3.14. The van der Waals surface area contributed by atoms with Gasteiger partial charge in [0.1, 0.15) is 23.4 Å². The van der Waals surface area contributed by atoms with E-state index < -0.39 is 11.9 Å². The molecule has 0 aliphatic rings. The molecule has 2 heterocycles. The van der Waals surface area contributed by atoms with Crippen LogP contribution in [0.2, 0.25) is 5.02 Å². The number of nitrogens with one attached hydrogen (secondary N) is 2. The van der Waals surface area contributed by atoms with Gasteiger partial charge in [0.05, 0.1) is 10.5 Å². The molecule has 4 aromatic rings. The minimum absolute atomic E-state index is 0.0253. The number of carbonyl (C=O) groups is 1. The number of hydrogen-bond acceptors (Lipinski definition) is 5. The first-order chi connectivity index (χ1) is 14.4. The summed E-state index contributed by atoms with van der Waals surface area (Å²) in [5.41, 5.74) is 2.36. The fraction of sp³-hybridized carbons (Fsp3) is 0. The van der Waals surface area contributed by atoms with Gasteiger partial charge < -0.3 is 15.7 Å². The van der Waals surface area contributed by atoms with Crippen LogP contribution in [0.5, 0.6) is 0 Å². The Morgan fingerprint density at radius 1 is 1.07 bits per heavy atom. The molecule has 7 nitrogen and oxygen atoms in total. The molecule has 30 heavy (non-hydrogen) atoms. The van der Waals surface area contributed by atoms with Gasteiger partial charge in [-0.2, -0.15) is 5.26 Å². The first kappa shape index (κ1) is 19.2. The van der Waals surface area contributed by atoms with Gasteiger partial charge >= 0.3 is 6.09 Å². The molecule has 4 rings (SSSR count). The molecule has 0 spiro atoms. The summed E-state index contributed by atoms with van der Waals surface area (Å²) in [6, 6.07) is 16.3. The Bertz CT molecular complexity index is 1330. The first-order valence-electron chi connectivity index (χ1n) is 8.68. The maximum atomic E-state index is 13.4. The van der Waals surface area contributed by atoms with Crippen LogP contribution >= 0.6 is 11.6 Å². The van der Waals surface area contributed by atoms with E-state index in [1.165, 1.54) is 24.4 Å². The molecule has 0 unspecified atom stereocenters. The van der Waals surface area contributed by atoms with E-state index in [-0.39, 0.29) is 10.7 Å². The largest absolute Gasteiger partial charge is 0.464 e. The monoisotopic (exact) mass is 421 g/mol. The summed E-state index contributed by atoms with van der Waals surface area (Å²) in [4.78, 5) is 15.6. The number of rotatable bonds is 4. The second-order valence-electron chi connectivity index (χ2n) is 6.36. The maximum absolute atomic E-state index is 13.4. The Hall–Kier alpha value is -4.09. The van der Waals surface area contributed by atoms with Crippen molar-refractivity contribution in [2.24, 2.45) is 0 Å². The van der Waals surface area contributed by atoms with Gasteiger partial charge in [0.2, 0.25) is 0 Å². The number of carboxylic acid groups (broad SMARTS) is 1. The molecule has 0 saturated carbocycles. The van der Waals surface area contributed by atoms with E-state index in [1.807, 2.05) is 6.07 Å². The van der Waals surface area contributed by atoms with Crippen LogP contribution in [0.15, 0.2) is 60.8 Å². The lowest BCUT2D eigenvalue weighted by molar-refractivity contribution is 0.197. The number of nitrogens with zero attached hydrogens (tertiary/aromatic N) is 3. The van der Waals surface area contributed by atoms with Crippen LogP contribution in [0.4, 0.5) is 32.1 Å². The van der Waals surface area contributed by atoms with Crippen LogP contribution in [-0.4, -0.2) is 20.8 Å². The van der Waals surface area contributed by atoms with E-state index in [0.29, 0.717) is 28.4 Å². The normalized spacial score (nSPS) is 10.6. The molecule has 0 atom stereocenters. The van der Waals surface area contributed by atoms with Crippen LogP contribution < -0.4 is 10.6 Å². The minimum Gasteiger partial charge on any atom is -0.464 e. The highest BCUT2D eigenvalue weighted by molar-refractivity contribution is 6.31. The fourth-order valence-corrected chi connectivity index (χ4v) is 3.17. The summed E-state index contributed by atoms with van der Waals surface area (Å²) in [5.74, 6) is -0.156. The number of benzene rings is 2. The molecule has 9 heteroatoms. The van der Waals surface area contributed by atoms with Crippen molar-refractivity contribution in [3.8, 4) is 6.07 Å². The van der Waals surface area contributed by atoms with Gasteiger partial charge in [-0.1, -0.05) is 17.7 Å². The number of anilines is 4. The number of halogens is 2. The third-order valence-electron chi connectivity index (χ3n) is 4.32. The topological polar surface area (TPSA) is 103 Å². The molecule has 2 aromatic carbocycles. The lowest BCUT2D eigenvalue weighted by atomic mass is 10.2. The van der Waals surface area contributed by atoms with Crippen molar-refractivity contribution >= 4 is 51.5 Å². The highest BCUT2D eigenvalue weighted by Gasteiger charge is 2.09. The van der Waals surface area contributed by atoms with E-state index in [1.54, 1.807) is 36.4 Å². The van der Waals surface area contributed by atoms with Crippen molar-refractivity contribution in [3.63, 3.8) is 0 Å². The van der Waals surface area contributed by atoms with Crippen LogP contribution in [-0.2, 0) is 0 Å². The summed E-state index contributed by atoms with van der Waals surface area (Å²) >= 11 is 5.81. The first-order valence-corrected chi connectivity index (χ1v) is 9.06. The van der Waals surface area contributed by atoms with E-state index >= 15 is 0 Å². The maximum Gasteiger partial charge on any atom is 0.416 e. The van der Waals surface area contributed by atoms with Crippen molar-refractivity contribution in [1.29, 1.82) is 5.26 Å². The zero-order chi connectivity index (χ0) is 21.3. The number of hydrogen-bond donors (Lipinski definition) is 3. The van der Waals surface area contributed by atoms with E-state index in [0.717, 1.165) is 9.95 Å². The Labute approximate surface area is 175 Å². The lowest BCUT2D eigenvalue weighted by Crippen LogP contribution is -2.05. The van der Waals surface area contributed by atoms with E-state index in [4.69, 9.17) is 11.6 Å². The Balaban J connectivity index is 1.66. The Kier molecular flexibility index (Phi) is 4.96. The summed E-state index contributed by atoms with van der Waals surface area (Å²) in [5, 5.41) is 25.5. The molecule has 0 bridgehead atoms. The average molecular weight is 422 g/mol. The zero-order valence-corrected chi connectivity index (χ0v) is 16.0. The highest BCUT2D eigenvalue weighted by Crippen LogP contribution is 2.27. The number of fused-ring (bicyclic) bond motifs is 1. The summed E-state index contributed by atoms with van der Waals surface area (Å²) in [6.45, 7) is 0. The molecule has 0 fully saturated rings. The molecular weight excluding hydrogens is 409 g/mol. The second kappa shape index (κ2) is 7.73. The molecule has 0 aliphatic heterocycles. The molecule has 0 saturated heterocycles. The zero-order valence-electron chi connectivity index (χ0n) is 15.2. The molecular formula is C21H13ClFN5O2. The molecule has 0 amide bonds. The fourth-order valence-electron chi connectivity index (χ4n) is 2.99. The Morgan fingerprint density at radius 3 is 2.57 bits per heavy atom. The second-order valence-corrected chi connectivity index (χ2v) is 6.77. The number of nitriles is 1. The van der Waals surface area contributed by atoms with Crippen molar-refractivity contribution in [2.45, 2.75) is 0 Å². The minimum atomic E-state index is -1.09. The third kappa shape index (κ3) is 3.87. The van der Waals surface area contributed by atoms with E-state index in [9.17, 15) is 19.6 Å².